The van der Waals surface area contributed by atoms with Crippen molar-refractivity contribution in [1.82, 2.24) is 4.90 Å². The number of rotatable bonds is 14. The van der Waals surface area contributed by atoms with Crippen molar-refractivity contribution in [2.24, 2.45) is 5.92 Å². The quantitative estimate of drug-likeness (QED) is 0.0993. The van der Waals surface area contributed by atoms with Crippen molar-refractivity contribution in [2.75, 3.05) is 29.9 Å². The molecule has 3 amide bonds. The van der Waals surface area contributed by atoms with Gasteiger partial charge in [-0.3, -0.25) is 14.4 Å². The van der Waals surface area contributed by atoms with Crippen molar-refractivity contribution in [2.45, 2.75) is 83.8 Å². The summed E-state index contributed by atoms with van der Waals surface area (Å²) in [5.41, 5.74) is 3.20. The lowest BCUT2D eigenvalue weighted by Gasteiger charge is -2.31. The first-order valence-electron chi connectivity index (χ1n) is 18.2. The average molecular weight is 726 g/mol. The number of carbonyl (C=O) groups is 3. The smallest absolute Gasteiger partial charge is 0.264 e. The Morgan fingerprint density at radius 1 is 1.02 bits per heavy atom. The minimum Gasteiger partial charge on any atom is -0.395 e. The van der Waals surface area contributed by atoms with Crippen LogP contribution in [0.2, 0.25) is 18.6 Å². The summed E-state index contributed by atoms with van der Waals surface area (Å²) in [6.07, 6.45) is 4.96. The van der Waals surface area contributed by atoms with E-state index in [0.717, 1.165) is 24.0 Å². The summed E-state index contributed by atoms with van der Waals surface area (Å²) in [5.74, 6) is -1.50. The lowest BCUT2D eigenvalue weighted by Crippen LogP contribution is -2.45. The van der Waals surface area contributed by atoms with E-state index in [4.69, 9.17) is 4.74 Å². The van der Waals surface area contributed by atoms with Crippen LogP contribution in [0.5, 0.6) is 0 Å². The number of anilines is 2. The molecule has 2 heterocycles. The molecule has 1 fully saturated rings. The van der Waals surface area contributed by atoms with Crippen molar-refractivity contribution in [3.05, 3.63) is 119 Å². The Hall–Kier alpha value is -4.38. The highest BCUT2D eigenvalue weighted by atomic mass is 28.4. The van der Waals surface area contributed by atoms with Crippen LogP contribution in [0.1, 0.15) is 68.4 Å². The van der Waals surface area contributed by atoms with E-state index in [1.54, 1.807) is 59.3 Å². The van der Waals surface area contributed by atoms with E-state index in [1.807, 2.05) is 55.5 Å². The number of nitrogens with zero attached hydrogens (tertiary/aromatic N) is 2. The molecule has 10 heteroatoms. The summed E-state index contributed by atoms with van der Waals surface area (Å²) in [6, 6.07) is 23.7. The fourth-order valence-electron chi connectivity index (χ4n) is 7.75. The molecule has 8 nitrogen and oxygen atoms in total. The van der Waals surface area contributed by atoms with Gasteiger partial charge in [0.15, 0.2) is 5.60 Å². The van der Waals surface area contributed by atoms with Crippen LogP contribution >= 0.6 is 0 Å². The van der Waals surface area contributed by atoms with Crippen LogP contribution in [0.15, 0.2) is 102 Å². The third-order valence-corrected chi connectivity index (χ3v) is 12.7. The monoisotopic (exact) mass is 725 g/mol. The molecule has 5 rings (SSSR count). The zero-order valence-electron chi connectivity index (χ0n) is 31.2. The first-order chi connectivity index (χ1) is 24.8. The minimum atomic E-state index is -3.56. The zero-order chi connectivity index (χ0) is 37.6. The molecular weight excluding hydrogens is 674 g/mol. The number of aliphatic hydroxyl groups is 1. The van der Waals surface area contributed by atoms with E-state index >= 15 is 4.11 Å². The van der Waals surface area contributed by atoms with Crippen molar-refractivity contribution < 1.29 is 28.3 Å². The van der Waals surface area contributed by atoms with Gasteiger partial charge in [-0.05, 0) is 82.6 Å². The van der Waals surface area contributed by atoms with E-state index < -0.39 is 31.6 Å². The van der Waals surface area contributed by atoms with Gasteiger partial charge in [-0.25, -0.2) is 0 Å². The molecule has 0 bridgehead atoms. The van der Waals surface area contributed by atoms with Gasteiger partial charge in [0.05, 0.1) is 24.8 Å². The van der Waals surface area contributed by atoms with Crippen LogP contribution in [0.4, 0.5) is 15.5 Å². The molecule has 2 aliphatic rings. The summed E-state index contributed by atoms with van der Waals surface area (Å²) in [6.45, 7) is 11.7. The summed E-state index contributed by atoms with van der Waals surface area (Å²) < 4.78 is 23.4. The van der Waals surface area contributed by atoms with Gasteiger partial charge < -0.3 is 29.1 Å². The highest BCUT2D eigenvalue weighted by molar-refractivity contribution is 6.72. The fourth-order valence-corrected chi connectivity index (χ4v) is 10.2. The molecule has 0 aromatic heterocycles. The van der Waals surface area contributed by atoms with Gasteiger partial charge in [0.1, 0.15) is 0 Å². The number of allylic oxidation sites excluding steroid dienone is 3. The Labute approximate surface area is 308 Å². The number of hydrogen-bond donors (Lipinski definition) is 2. The van der Waals surface area contributed by atoms with Crippen molar-refractivity contribution in [1.29, 1.82) is 0 Å². The number of halogens is 1. The molecule has 1 spiro atoms. The third kappa shape index (κ3) is 8.46. The second kappa shape index (κ2) is 16.5. The summed E-state index contributed by atoms with van der Waals surface area (Å²) >= 11 is 0. The number of hydrogen-bond acceptors (Lipinski definition) is 5. The standard InChI is InChI=1S/C42H52FN3O5Si/c1-29(2)14-13-15-30(3)22-23-46-36-21-20-34(44-40(49)33-18-11-8-12-19-33)26-35(36)42(41(46)50)31(4)39(52(5,6)43)37(51-42)27-38(48)45(24-25-47)28-32-16-9-7-10-17-32/h7-12,14,16-22,26,31,37,39,47H,13,15,23-25,27-28H2,1-6H3,(H,44,49)/b30-22+/t31-,37+,39-,42+/m0/s1. The fraction of sp³-hybridized carbons (Fsp3) is 0.405. The lowest BCUT2D eigenvalue weighted by molar-refractivity contribution is -0.149. The minimum absolute atomic E-state index is 0.113. The van der Waals surface area contributed by atoms with Crippen LogP contribution in [-0.4, -0.2) is 61.9 Å². The molecule has 4 atom stereocenters. The first kappa shape index (κ1) is 38.8. The Morgan fingerprint density at radius 3 is 2.33 bits per heavy atom. The van der Waals surface area contributed by atoms with E-state index in [1.165, 1.54) is 5.57 Å². The molecule has 2 aliphatic heterocycles. The molecule has 276 valence electrons. The molecule has 1 saturated heterocycles. The largest absolute Gasteiger partial charge is 0.395 e. The SMILES string of the molecule is CC(C)=CCC/C(C)=C/CN1C(=O)[C@]2(O[C@H](CC(=O)N(CCO)Cc3ccccc3)[C@@H]([Si](C)(C)F)[C@@H]2C)c2cc(NC(=O)c3ccccc3)ccc21. The Balaban J connectivity index is 1.52. The van der Waals surface area contributed by atoms with E-state index in [-0.39, 0.29) is 43.8 Å². The number of fused-ring (bicyclic) bond motifs is 2. The average Bonchev–Trinajstić information content (AvgIpc) is 3.53. The Bertz CT molecular complexity index is 1800. The predicted octanol–water partition coefficient (Wildman–Crippen LogP) is 8.16. The van der Waals surface area contributed by atoms with Crippen molar-refractivity contribution in [3.63, 3.8) is 0 Å². The zero-order valence-corrected chi connectivity index (χ0v) is 32.2. The number of amides is 3. The van der Waals surface area contributed by atoms with Gasteiger partial charge in [0.2, 0.25) is 14.3 Å². The maximum atomic E-state index is 16.5. The maximum Gasteiger partial charge on any atom is 0.264 e. The normalized spacial score (nSPS) is 21.3. The molecule has 3 aromatic rings. The van der Waals surface area contributed by atoms with E-state index in [9.17, 15) is 19.5 Å². The number of benzene rings is 3. The number of carbonyl (C=O) groups excluding carboxylic acids is 3. The van der Waals surface area contributed by atoms with Crippen LogP contribution in [-0.2, 0) is 26.5 Å². The van der Waals surface area contributed by atoms with Gasteiger partial charge in [0.25, 0.3) is 11.8 Å². The second-order valence-electron chi connectivity index (χ2n) is 14.8. The predicted molar refractivity (Wildman–Crippen MR) is 207 cm³/mol. The van der Waals surface area contributed by atoms with Crippen LogP contribution in [0.25, 0.3) is 0 Å². The highest BCUT2D eigenvalue weighted by Gasteiger charge is 2.67. The summed E-state index contributed by atoms with van der Waals surface area (Å²) in [5, 5.41) is 12.8. The number of aliphatic hydroxyl groups excluding tert-OH is 1. The van der Waals surface area contributed by atoms with Gasteiger partial charge in [-0.2, -0.15) is 0 Å². The van der Waals surface area contributed by atoms with Crippen molar-refractivity contribution in [3.8, 4) is 0 Å². The second-order valence-corrected chi connectivity index (χ2v) is 18.6. The third-order valence-electron chi connectivity index (χ3n) is 10.3. The summed E-state index contributed by atoms with van der Waals surface area (Å²) in [4.78, 5) is 45.3. The van der Waals surface area contributed by atoms with Gasteiger partial charge in [-0.15, -0.1) is 0 Å². The number of nitrogens with one attached hydrogen (secondary N) is 1. The molecule has 2 N–H and O–H groups in total. The Morgan fingerprint density at radius 2 is 1.69 bits per heavy atom. The summed E-state index contributed by atoms with van der Waals surface area (Å²) in [7, 11) is -3.56. The highest BCUT2D eigenvalue weighted by Crippen LogP contribution is 2.60. The molecule has 0 unspecified atom stereocenters. The molecule has 52 heavy (non-hydrogen) atoms. The molecular formula is C42H52FN3O5Si. The molecule has 0 saturated carbocycles. The lowest BCUT2D eigenvalue weighted by atomic mass is 9.82. The van der Waals surface area contributed by atoms with E-state index in [2.05, 4.69) is 32.2 Å². The van der Waals surface area contributed by atoms with Crippen LogP contribution in [0.3, 0.4) is 0 Å². The number of ether oxygens (including phenoxy) is 1. The van der Waals surface area contributed by atoms with Crippen LogP contribution in [0, 0.1) is 5.92 Å². The van der Waals surface area contributed by atoms with Crippen molar-refractivity contribution >= 4 is 37.5 Å². The van der Waals surface area contributed by atoms with E-state index in [0.29, 0.717) is 29.0 Å². The molecule has 3 aromatic carbocycles. The topological polar surface area (TPSA) is 99.2 Å². The molecule has 0 radical (unpaired) electrons. The van der Waals surface area contributed by atoms with Crippen LogP contribution < -0.4 is 10.2 Å². The molecule has 0 aliphatic carbocycles. The van der Waals surface area contributed by atoms with Gasteiger partial charge in [0, 0.05) is 47.9 Å². The first-order valence-corrected chi connectivity index (χ1v) is 21.1. The Kier molecular flexibility index (Phi) is 12.3. The maximum absolute atomic E-state index is 16.5. The van der Waals surface area contributed by atoms with Gasteiger partial charge >= 0.3 is 0 Å². The van der Waals surface area contributed by atoms with Gasteiger partial charge in [-0.1, -0.05) is 78.8 Å².